The lowest BCUT2D eigenvalue weighted by molar-refractivity contribution is 0.914. The molecule has 0 bridgehead atoms. The van der Waals surface area contributed by atoms with Gasteiger partial charge in [-0.05, 0) is 5.56 Å². The molecule has 0 heterocycles. The third kappa shape index (κ3) is 1.45. The lowest BCUT2D eigenvalue weighted by Gasteiger charge is -2.03. The molecule has 0 radical (unpaired) electrons. The number of hydrogen-bond donors (Lipinski definition) is 1. The Morgan fingerprint density at radius 3 is 2.40 bits per heavy atom. The predicted molar refractivity (Wildman–Crippen MR) is 43.6 cm³/mol. The van der Waals surface area contributed by atoms with E-state index in [1.165, 1.54) is 0 Å². The average Bonchev–Trinajstić information content (AvgIpc) is 2.05. The van der Waals surface area contributed by atoms with Crippen molar-refractivity contribution < 1.29 is 0 Å². The van der Waals surface area contributed by atoms with E-state index in [0.717, 1.165) is 5.56 Å². The first-order chi connectivity index (χ1) is 4.84. The zero-order valence-corrected chi connectivity index (χ0v) is 5.83. The van der Waals surface area contributed by atoms with Gasteiger partial charge >= 0.3 is 0 Å². The van der Waals surface area contributed by atoms with Crippen molar-refractivity contribution >= 4 is 0 Å². The quantitative estimate of drug-likeness (QED) is 0.612. The first kappa shape index (κ1) is 7.03. The van der Waals surface area contributed by atoms with E-state index in [-0.39, 0.29) is 6.04 Å². The van der Waals surface area contributed by atoms with Gasteiger partial charge in [-0.1, -0.05) is 36.4 Å². The number of nitrogens with two attached hydrogens (primary N) is 1. The second-order valence-corrected chi connectivity index (χ2v) is 2.17. The molecule has 10 heavy (non-hydrogen) atoms. The van der Waals surface area contributed by atoms with Crippen molar-refractivity contribution in [3.63, 3.8) is 0 Å². The van der Waals surface area contributed by atoms with E-state index in [9.17, 15) is 0 Å². The molecule has 1 rings (SSSR count). The molecule has 0 aliphatic carbocycles. The van der Waals surface area contributed by atoms with Crippen molar-refractivity contribution in [2.75, 3.05) is 0 Å². The molecule has 1 nitrogen and oxygen atoms in total. The van der Waals surface area contributed by atoms with Crippen LogP contribution in [0.2, 0.25) is 0 Å². The van der Waals surface area contributed by atoms with Gasteiger partial charge < -0.3 is 5.73 Å². The molecule has 1 atom stereocenters. The fourth-order valence-corrected chi connectivity index (χ4v) is 0.811. The van der Waals surface area contributed by atoms with Gasteiger partial charge in [0.25, 0.3) is 0 Å². The summed E-state index contributed by atoms with van der Waals surface area (Å²) >= 11 is 0. The van der Waals surface area contributed by atoms with Gasteiger partial charge in [0.05, 0.1) is 0 Å². The molecule has 0 fully saturated rings. The highest BCUT2D eigenvalue weighted by Crippen LogP contribution is 2.08. The largest absolute Gasteiger partial charge is 0.321 e. The highest BCUT2D eigenvalue weighted by Gasteiger charge is 1.96. The van der Waals surface area contributed by atoms with Crippen LogP contribution in [-0.2, 0) is 0 Å². The van der Waals surface area contributed by atoms with Crippen LogP contribution in [0, 0.1) is 0 Å². The zero-order valence-electron chi connectivity index (χ0n) is 5.83. The van der Waals surface area contributed by atoms with Gasteiger partial charge in [-0.3, -0.25) is 0 Å². The fourth-order valence-electron chi connectivity index (χ4n) is 0.811. The first-order valence-electron chi connectivity index (χ1n) is 3.27. The number of hydrogen-bond acceptors (Lipinski definition) is 1. The molecule has 0 spiro atoms. The van der Waals surface area contributed by atoms with Gasteiger partial charge in [0, 0.05) is 6.04 Å². The lowest BCUT2D eigenvalue weighted by Crippen LogP contribution is -2.05. The van der Waals surface area contributed by atoms with Crippen molar-refractivity contribution in [2.24, 2.45) is 5.73 Å². The maximum Gasteiger partial charge on any atom is 0.0478 e. The van der Waals surface area contributed by atoms with Gasteiger partial charge in [0.2, 0.25) is 0 Å². The highest BCUT2D eigenvalue weighted by molar-refractivity contribution is 5.21. The summed E-state index contributed by atoms with van der Waals surface area (Å²) in [5.41, 5.74) is 6.79. The predicted octanol–water partition coefficient (Wildman–Crippen LogP) is 1.87. The average molecular weight is 133 g/mol. The Morgan fingerprint density at radius 1 is 1.30 bits per heavy atom. The van der Waals surface area contributed by atoms with E-state index in [1.54, 1.807) is 6.08 Å². The summed E-state index contributed by atoms with van der Waals surface area (Å²) in [5.74, 6) is 0. The second-order valence-electron chi connectivity index (χ2n) is 2.17. The van der Waals surface area contributed by atoms with Crippen LogP contribution < -0.4 is 5.73 Å². The maximum atomic E-state index is 5.68. The van der Waals surface area contributed by atoms with Gasteiger partial charge in [0.15, 0.2) is 0 Å². The lowest BCUT2D eigenvalue weighted by atomic mass is 10.1. The third-order valence-corrected chi connectivity index (χ3v) is 1.44. The molecule has 0 aromatic heterocycles. The van der Waals surface area contributed by atoms with Crippen molar-refractivity contribution in [1.29, 1.82) is 0 Å². The van der Waals surface area contributed by atoms with E-state index >= 15 is 0 Å². The molecule has 1 aromatic rings. The van der Waals surface area contributed by atoms with Gasteiger partial charge in [0.1, 0.15) is 0 Å². The van der Waals surface area contributed by atoms with Crippen LogP contribution >= 0.6 is 0 Å². The molecule has 0 saturated carbocycles. The van der Waals surface area contributed by atoms with Crippen molar-refractivity contribution in [1.82, 2.24) is 0 Å². The molecular formula is C9H11N. The molecule has 0 saturated heterocycles. The van der Waals surface area contributed by atoms with E-state index in [4.69, 9.17) is 5.73 Å². The standard InChI is InChI=1S/C9H11N/c1-2-9(10)8-6-4-3-5-7-8/h2-7,9H,1,10H2/t9-/m0/s1. The Kier molecular flexibility index (Phi) is 2.24. The minimum atomic E-state index is -0.0267. The summed E-state index contributed by atoms with van der Waals surface area (Å²) in [6.07, 6.45) is 1.73. The van der Waals surface area contributed by atoms with E-state index in [1.807, 2.05) is 30.3 Å². The van der Waals surface area contributed by atoms with Crippen molar-refractivity contribution in [3.05, 3.63) is 48.6 Å². The summed E-state index contributed by atoms with van der Waals surface area (Å²) in [6, 6.07) is 9.87. The van der Waals surface area contributed by atoms with Gasteiger partial charge in [-0.25, -0.2) is 0 Å². The maximum absolute atomic E-state index is 5.68. The smallest absolute Gasteiger partial charge is 0.0478 e. The molecule has 0 amide bonds. The summed E-state index contributed by atoms with van der Waals surface area (Å²) in [5, 5.41) is 0. The van der Waals surface area contributed by atoms with Crippen LogP contribution in [0.1, 0.15) is 11.6 Å². The fraction of sp³-hybridized carbons (Fsp3) is 0.111. The van der Waals surface area contributed by atoms with Crippen molar-refractivity contribution in [3.8, 4) is 0 Å². The van der Waals surface area contributed by atoms with Gasteiger partial charge in [-0.15, -0.1) is 6.58 Å². The zero-order chi connectivity index (χ0) is 7.40. The van der Waals surface area contributed by atoms with Crippen LogP contribution in [-0.4, -0.2) is 0 Å². The van der Waals surface area contributed by atoms with Crippen LogP contribution in [0.5, 0.6) is 0 Å². The monoisotopic (exact) mass is 133 g/mol. The summed E-state index contributed by atoms with van der Waals surface area (Å²) < 4.78 is 0. The normalized spacial score (nSPS) is 12.5. The minimum absolute atomic E-state index is 0.0267. The molecule has 0 unspecified atom stereocenters. The summed E-state index contributed by atoms with van der Waals surface area (Å²) in [4.78, 5) is 0. The van der Waals surface area contributed by atoms with E-state index in [0.29, 0.717) is 0 Å². The Morgan fingerprint density at radius 2 is 1.90 bits per heavy atom. The Bertz CT molecular complexity index is 203. The third-order valence-electron chi connectivity index (χ3n) is 1.44. The first-order valence-corrected chi connectivity index (χ1v) is 3.27. The molecule has 0 aliphatic rings. The van der Waals surface area contributed by atoms with Gasteiger partial charge in [-0.2, -0.15) is 0 Å². The Hall–Kier alpha value is -1.08. The molecule has 1 aromatic carbocycles. The second kappa shape index (κ2) is 3.18. The number of rotatable bonds is 2. The molecule has 1 heteroatoms. The minimum Gasteiger partial charge on any atom is -0.321 e. The topological polar surface area (TPSA) is 26.0 Å². The highest BCUT2D eigenvalue weighted by atomic mass is 14.6. The molecular weight excluding hydrogens is 122 g/mol. The summed E-state index contributed by atoms with van der Waals surface area (Å²) in [6.45, 7) is 3.61. The van der Waals surface area contributed by atoms with Crippen LogP contribution in [0.3, 0.4) is 0 Å². The molecule has 0 aliphatic heterocycles. The van der Waals surface area contributed by atoms with E-state index in [2.05, 4.69) is 6.58 Å². The van der Waals surface area contributed by atoms with Crippen molar-refractivity contribution in [2.45, 2.75) is 6.04 Å². The van der Waals surface area contributed by atoms with Crippen LogP contribution in [0.4, 0.5) is 0 Å². The molecule has 52 valence electrons. The Balaban J connectivity index is 2.84. The number of benzene rings is 1. The SMILES string of the molecule is C=C[C@H](N)c1ccccc1. The summed E-state index contributed by atoms with van der Waals surface area (Å²) in [7, 11) is 0. The Labute approximate surface area is 61.2 Å². The molecule has 2 N–H and O–H groups in total. The van der Waals surface area contributed by atoms with Crippen LogP contribution in [0.15, 0.2) is 43.0 Å². The van der Waals surface area contributed by atoms with E-state index < -0.39 is 0 Å². The van der Waals surface area contributed by atoms with Crippen LogP contribution in [0.25, 0.3) is 0 Å².